The fraction of sp³-hybridized carbons (Fsp3) is 0.774. The number of hydrogen-bond acceptors (Lipinski definition) is 6. The van der Waals surface area contributed by atoms with Gasteiger partial charge in [0.1, 0.15) is 11.6 Å². The van der Waals surface area contributed by atoms with Crippen LogP contribution in [0.15, 0.2) is 25.3 Å². The summed E-state index contributed by atoms with van der Waals surface area (Å²) in [5.41, 5.74) is -1.15. The lowest BCUT2D eigenvalue weighted by molar-refractivity contribution is -0.157. The summed E-state index contributed by atoms with van der Waals surface area (Å²) in [6.45, 7) is 12.1. The van der Waals surface area contributed by atoms with Gasteiger partial charge >= 0.3 is 5.97 Å². The molecule has 224 valence electrons. The number of ether oxygens (including phenoxy) is 2. The van der Waals surface area contributed by atoms with Crippen molar-refractivity contribution < 1.29 is 29.0 Å². The molecule has 40 heavy (non-hydrogen) atoms. The van der Waals surface area contributed by atoms with Gasteiger partial charge in [0, 0.05) is 17.4 Å². The number of carbonyl (C=O) groups excluding carboxylic acids is 3. The largest absolute Gasteiger partial charge is 0.465 e. The lowest BCUT2D eigenvalue weighted by Gasteiger charge is -2.42. The van der Waals surface area contributed by atoms with Crippen LogP contribution in [0.4, 0.5) is 0 Å². The number of halogens is 1. The normalized spacial score (nSPS) is 32.3. The molecule has 1 aliphatic carbocycles. The minimum Gasteiger partial charge on any atom is -0.465 e. The fourth-order valence-corrected chi connectivity index (χ4v) is 8.54. The molecule has 1 saturated carbocycles. The van der Waals surface area contributed by atoms with Crippen molar-refractivity contribution in [3.05, 3.63) is 25.3 Å². The van der Waals surface area contributed by atoms with Crippen LogP contribution in [0.2, 0.25) is 0 Å². The van der Waals surface area contributed by atoms with E-state index < -0.39 is 41.6 Å². The SMILES string of the molecule is C=CCCCCOC(=O)[C@H]1[C@@H]2OC3(CC2Br)C(C(=O)N(CC=C)C2CCCCC2)N([C@@H](CO)CC(C)C)C(=O)[C@H]13. The Balaban J connectivity index is 1.71. The molecular formula is C31H47BrN2O6. The zero-order valence-corrected chi connectivity index (χ0v) is 25.7. The molecule has 2 amide bonds. The number of likely N-dealkylation sites (tertiary alicyclic amines) is 1. The van der Waals surface area contributed by atoms with Crippen molar-refractivity contribution in [1.29, 1.82) is 0 Å². The van der Waals surface area contributed by atoms with E-state index in [1.807, 2.05) is 24.8 Å². The lowest BCUT2D eigenvalue weighted by atomic mass is 9.70. The number of alkyl halides is 1. The van der Waals surface area contributed by atoms with Crippen molar-refractivity contribution >= 4 is 33.7 Å². The Hall–Kier alpha value is -1.71. The van der Waals surface area contributed by atoms with Gasteiger partial charge in [-0.25, -0.2) is 0 Å². The predicted octanol–water partition coefficient (Wildman–Crippen LogP) is 4.39. The Morgan fingerprint density at radius 3 is 2.58 bits per heavy atom. The summed E-state index contributed by atoms with van der Waals surface area (Å²) >= 11 is 3.73. The van der Waals surface area contributed by atoms with Crippen molar-refractivity contribution in [1.82, 2.24) is 9.80 Å². The number of esters is 1. The van der Waals surface area contributed by atoms with E-state index in [0.717, 1.165) is 44.9 Å². The van der Waals surface area contributed by atoms with Crippen LogP contribution >= 0.6 is 15.9 Å². The maximum Gasteiger partial charge on any atom is 0.312 e. The molecule has 3 aliphatic heterocycles. The van der Waals surface area contributed by atoms with Gasteiger partial charge in [-0.2, -0.15) is 0 Å². The third kappa shape index (κ3) is 5.80. The number of amides is 2. The van der Waals surface area contributed by atoms with Crippen LogP contribution in [0.3, 0.4) is 0 Å². The second-order valence-electron chi connectivity index (χ2n) is 12.4. The van der Waals surface area contributed by atoms with Crippen molar-refractivity contribution in [2.75, 3.05) is 19.8 Å². The van der Waals surface area contributed by atoms with E-state index in [0.29, 0.717) is 25.8 Å². The standard InChI is InChI=1S/C31H47BrN2O6/c1-5-7-8-12-16-39-30(38)24-25-28(36)34(22(19-35)17-20(3)4)27(31(25)18-23(32)26(24)40-31)29(37)33(15-6-2)21-13-10-9-11-14-21/h5-6,20-27,35H,1-2,7-19H2,3-4H3/t22-,23?,24-,25+,26-,27?,31?/m1/s1. The van der Waals surface area contributed by atoms with Gasteiger partial charge < -0.3 is 24.4 Å². The molecule has 0 radical (unpaired) electrons. The maximum atomic E-state index is 14.7. The highest BCUT2D eigenvalue weighted by atomic mass is 79.9. The average Bonchev–Trinajstić information content (AvgIpc) is 3.53. The molecular weight excluding hydrogens is 576 g/mol. The van der Waals surface area contributed by atoms with Crippen molar-refractivity contribution in [3.63, 3.8) is 0 Å². The molecule has 0 aromatic carbocycles. The van der Waals surface area contributed by atoms with Crippen LogP contribution in [-0.2, 0) is 23.9 Å². The van der Waals surface area contributed by atoms with E-state index in [4.69, 9.17) is 9.47 Å². The minimum absolute atomic E-state index is 0.0685. The van der Waals surface area contributed by atoms with Gasteiger partial charge in [-0.1, -0.05) is 61.2 Å². The van der Waals surface area contributed by atoms with Gasteiger partial charge in [-0.15, -0.1) is 13.2 Å². The molecule has 2 bridgehead atoms. The molecule has 3 heterocycles. The number of hydrogen-bond donors (Lipinski definition) is 1. The Labute approximate surface area is 247 Å². The minimum atomic E-state index is -1.15. The number of aliphatic hydroxyl groups is 1. The topological polar surface area (TPSA) is 96.4 Å². The first-order valence-corrected chi connectivity index (χ1v) is 16.1. The first kappa shape index (κ1) is 31.2. The van der Waals surface area contributed by atoms with Gasteiger partial charge in [0.05, 0.1) is 37.2 Å². The summed E-state index contributed by atoms with van der Waals surface area (Å²) in [5, 5.41) is 10.5. The number of nitrogens with zero attached hydrogens (tertiary/aromatic N) is 2. The highest BCUT2D eigenvalue weighted by Gasteiger charge is 2.77. The van der Waals surface area contributed by atoms with E-state index >= 15 is 0 Å². The zero-order chi connectivity index (χ0) is 29.0. The first-order chi connectivity index (χ1) is 19.2. The van der Waals surface area contributed by atoms with Crippen LogP contribution < -0.4 is 0 Å². The quantitative estimate of drug-likeness (QED) is 0.134. The number of allylic oxidation sites excluding steroid dienone is 1. The van der Waals surface area contributed by atoms with Crippen molar-refractivity contribution in [3.8, 4) is 0 Å². The van der Waals surface area contributed by atoms with Crippen LogP contribution in [0, 0.1) is 17.8 Å². The molecule has 3 unspecified atom stereocenters. The summed E-state index contributed by atoms with van der Waals surface area (Å²) < 4.78 is 12.3. The first-order valence-electron chi connectivity index (χ1n) is 15.2. The van der Waals surface area contributed by atoms with E-state index in [-0.39, 0.29) is 41.8 Å². The van der Waals surface area contributed by atoms with Crippen molar-refractivity contribution in [2.24, 2.45) is 17.8 Å². The Kier molecular flexibility index (Phi) is 10.5. The molecule has 8 nitrogen and oxygen atoms in total. The second-order valence-corrected chi connectivity index (χ2v) is 13.6. The molecule has 4 rings (SSSR count). The number of fused-ring (bicyclic) bond motifs is 1. The molecule has 4 fully saturated rings. The highest BCUT2D eigenvalue weighted by molar-refractivity contribution is 9.09. The Bertz CT molecular complexity index is 952. The van der Waals surface area contributed by atoms with Crippen LogP contribution in [0.1, 0.15) is 78.1 Å². The molecule has 1 N–H and O–H groups in total. The average molecular weight is 624 g/mol. The molecule has 3 saturated heterocycles. The summed E-state index contributed by atoms with van der Waals surface area (Å²) in [5.74, 6) is -2.32. The molecule has 0 aromatic rings. The summed E-state index contributed by atoms with van der Waals surface area (Å²) in [6.07, 6.45) is 11.5. The number of carbonyl (C=O) groups is 3. The third-order valence-corrected chi connectivity index (χ3v) is 10.1. The van der Waals surface area contributed by atoms with Crippen LogP contribution in [0.25, 0.3) is 0 Å². The smallest absolute Gasteiger partial charge is 0.312 e. The summed E-state index contributed by atoms with van der Waals surface area (Å²) in [6, 6.07) is -1.40. The summed E-state index contributed by atoms with van der Waals surface area (Å²) in [7, 11) is 0. The van der Waals surface area contributed by atoms with E-state index in [2.05, 4.69) is 29.1 Å². The third-order valence-electron chi connectivity index (χ3n) is 9.25. The fourth-order valence-electron chi connectivity index (χ4n) is 7.60. The number of unbranched alkanes of at least 4 members (excludes halogenated alkanes) is 2. The van der Waals surface area contributed by atoms with Gasteiger partial charge in [0.2, 0.25) is 11.8 Å². The molecule has 4 aliphatic rings. The Morgan fingerprint density at radius 1 is 1.23 bits per heavy atom. The van der Waals surface area contributed by atoms with Gasteiger partial charge in [0.15, 0.2) is 0 Å². The predicted molar refractivity (Wildman–Crippen MR) is 157 cm³/mol. The van der Waals surface area contributed by atoms with Gasteiger partial charge in [-0.05, 0) is 50.9 Å². The lowest BCUT2D eigenvalue weighted by Crippen LogP contribution is -2.60. The van der Waals surface area contributed by atoms with E-state index in [9.17, 15) is 19.5 Å². The van der Waals surface area contributed by atoms with Crippen LogP contribution in [0.5, 0.6) is 0 Å². The second kappa shape index (κ2) is 13.5. The van der Waals surface area contributed by atoms with E-state index in [1.165, 1.54) is 0 Å². The highest BCUT2D eigenvalue weighted by Crippen LogP contribution is 2.61. The maximum absolute atomic E-state index is 14.7. The van der Waals surface area contributed by atoms with Crippen LogP contribution in [-0.4, -0.2) is 87.1 Å². The number of rotatable bonds is 14. The zero-order valence-electron chi connectivity index (χ0n) is 24.1. The van der Waals surface area contributed by atoms with Gasteiger partial charge in [-0.3, -0.25) is 14.4 Å². The number of aliphatic hydroxyl groups excluding tert-OH is 1. The Morgan fingerprint density at radius 2 is 1.95 bits per heavy atom. The molecule has 1 spiro atoms. The summed E-state index contributed by atoms with van der Waals surface area (Å²) in [4.78, 5) is 45.8. The monoisotopic (exact) mass is 622 g/mol. The molecule has 9 heteroatoms. The van der Waals surface area contributed by atoms with Gasteiger partial charge in [0.25, 0.3) is 0 Å². The van der Waals surface area contributed by atoms with E-state index in [1.54, 1.807) is 11.0 Å². The molecule has 7 atom stereocenters. The van der Waals surface area contributed by atoms with Crippen molar-refractivity contribution in [2.45, 2.75) is 113 Å². The molecule has 0 aromatic heterocycles.